The van der Waals surface area contributed by atoms with Gasteiger partial charge in [-0.25, -0.2) is 0 Å². The highest BCUT2D eigenvalue weighted by molar-refractivity contribution is 5.76. The highest BCUT2D eigenvalue weighted by Crippen LogP contribution is 2.13. The van der Waals surface area contributed by atoms with E-state index in [1.165, 1.54) is 6.07 Å². The van der Waals surface area contributed by atoms with Crippen molar-refractivity contribution in [3.63, 3.8) is 0 Å². The molecule has 2 aromatic carbocycles. The maximum absolute atomic E-state index is 11.9. The number of anilines is 1. The van der Waals surface area contributed by atoms with Gasteiger partial charge in [-0.2, -0.15) is 0 Å². The third-order valence-electron chi connectivity index (χ3n) is 2.93. The Balaban J connectivity index is 1.88. The molecule has 3 rings (SSSR count). The van der Waals surface area contributed by atoms with Crippen LogP contribution in [0.1, 0.15) is 5.76 Å². The van der Waals surface area contributed by atoms with Crippen molar-refractivity contribution in [2.45, 2.75) is 6.54 Å². The first-order chi connectivity index (χ1) is 9.33. The lowest BCUT2D eigenvalue weighted by Gasteiger charge is -2.06. The summed E-state index contributed by atoms with van der Waals surface area (Å²) in [5.41, 5.74) is 1.62. The van der Waals surface area contributed by atoms with Gasteiger partial charge in [0.2, 0.25) is 0 Å². The zero-order valence-corrected chi connectivity index (χ0v) is 10.3. The van der Waals surface area contributed by atoms with Crippen molar-refractivity contribution in [3.05, 3.63) is 76.6 Å². The van der Waals surface area contributed by atoms with Crippen LogP contribution in [-0.4, -0.2) is 0 Å². The second kappa shape index (κ2) is 4.98. The van der Waals surface area contributed by atoms with E-state index in [1.54, 1.807) is 6.07 Å². The Kier molecular flexibility index (Phi) is 3.02. The fraction of sp³-hybridized carbons (Fsp3) is 0.0625. The average Bonchev–Trinajstić information content (AvgIpc) is 2.46. The molecule has 0 radical (unpaired) electrons. The fourth-order valence-corrected chi connectivity index (χ4v) is 1.99. The van der Waals surface area contributed by atoms with Crippen molar-refractivity contribution in [2.75, 3.05) is 5.32 Å². The summed E-state index contributed by atoms with van der Waals surface area (Å²) in [6.07, 6.45) is 0. The van der Waals surface area contributed by atoms with Crippen molar-refractivity contribution < 1.29 is 4.42 Å². The molecular weight excluding hydrogens is 238 g/mol. The van der Waals surface area contributed by atoms with Gasteiger partial charge in [0, 0.05) is 11.8 Å². The van der Waals surface area contributed by atoms with Crippen LogP contribution in [0, 0.1) is 0 Å². The summed E-state index contributed by atoms with van der Waals surface area (Å²) in [6.45, 7) is 0.490. The molecule has 0 aliphatic rings. The van der Waals surface area contributed by atoms with Crippen molar-refractivity contribution >= 4 is 16.7 Å². The minimum Gasteiger partial charge on any atom is -0.459 e. The Labute approximate surface area is 110 Å². The molecule has 1 N–H and O–H groups in total. The molecule has 0 saturated heterocycles. The summed E-state index contributed by atoms with van der Waals surface area (Å²) in [7, 11) is 0. The van der Waals surface area contributed by atoms with Gasteiger partial charge in [0.05, 0.1) is 11.9 Å². The Morgan fingerprint density at radius 2 is 1.68 bits per heavy atom. The number of hydrogen-bond acceptors (Lipinski definition) is 3. The summed E-state index contributed by atoms with van der Waals surface area (Å²) >= 11 is 0. The first-order valence-electron chi connectivity index (χ1n) is 6.13. The van der Waals surface area contributed by atoms with Crippen LogP contribution in [-0.2, 0) is 6.54 Å². The molecule has 1 heterocycles. The lowest BCUT2D eigenvalue weighted by atomic mass is 10.2. The Morgan fingerprint density at radius 1 is 0.947 bits per heavy atom. The van der Waals surface area contributed by atoms with Gasteiger partial charge in [0.1, 0.15) is 11.3 Å². The zero-order valence-electron chi connectivity index (χ0n) is 10.3. The van der Waals surface area contributed by atoms with Crippen LogP contribution >= 0.6 is 0 Å². The first kappa shape index (κ1) is 11.5. The van der Waals surface area contributed by atoms with Crippen molar-refractivity contribution in [3.8, 4) is 0 Å². The molecule has 0 unspecified atom stereocenters. The van der Waals surface area contributed by atoms with E-state index in [0.29, 0.717) is 23.3 Å². The fourth-order valence-electron chi connectivity index (χ4n) is 1.99. The third-order valence-corrected chi connectivity index (χ3v) is 2.93. The first-order valence-corrected chi connectivity index (χ1v) is 6.13. The standard InChI is InChI=1S/C16H13NO2/c18-15-10-13(11-17-12-6-2-1-3-7-12)19-16-9-5-4-8-14(15)16/h1-10,17H,11H2. The minimum absolute atomic E-state index is 0.00767. The molecule has 0 saturated carbocycles. The van der Waals surface area contributed by atoms with Crippen molar-refractivity contribution in [2.24, 2.45) is 0 Å². The van der Waals surface area contributed by atoms with Gasteiger partial charge in [0.25, 0.3) is 0 Å². The lowest BCUT2D eigenvalue weighted by Crippen LogP contribution is -2.05. The number of para-hydroxylation sites is 2. The quantitative estimate of drug-likeness (QED) is 0.775. The molecule has 0 aliphatic heterocycles. The van der Waals surface area contributed by atoms with Crippen LogP contribution in [0.3, 0.4) is 0 Å². The van der Waals surface area contributed by atoms with Gasteiger partial charge in [-0.3, -0.25) is 4.79 Å². The van der Waals surface area contributed by atoms with Crippen LogP contribution in [0.25, 0.3) is 11.0 Å². The molecule has 0 atom stereocenters. The molecule has 0 aliphatic carbocycles. The minimum atomic E-state index is -0.00767. The topological polar surface area (TPSA) is 42.2 Å². The smallest absolute Gasteiger partial charge is 0.193 e. The molecule has 3 aromatic rings. The molecule has 3 nitrogen and oxygen atoms in total. The van der Waals surface area contributed by atoms with Crippen LogP contribution in [0.5, 0.6) is 0 Å². The van der Waals surface area contributed by atoms with Crippen molar-refractivity contribution in [1.82, 2.24) is 0 Å². The summed E-state index contributed by atoms with van der Waals surface area (Å²) in [6, 6.07) is 18.6. The molecular formula is C16H13NO2. The molecule has 94 valence electrons. The van der Waals surface area contributed by atoms with Crippen LogP contribution in [0.4, 0.5) is 5.69 Å². The largest absolute Gasteiger partial charge is 0.459 e. The van der Waals surface area contributed by atoms with E-state index in [0.717, 1.165) is 5.69 Å². The van der Waals surface area contributed by atoms with Gasteiger partial charge in [-0.15, -0.1) is 0 Å². The van der Waals surface area contributed by atoms with E-state index in [-0.39, 0.29) is 5.43 Å². The molecule has 0 bridgehead atoms. The predicted octanol–water partition coefficient (Wildman–Crippen LogP) is 3.41. The monoisotopic (exact) mass is 251 g/mol. The Morgan fingerprint density at radius 3 is 2.53 bits per heavy atom. The van der Waals surface area contributed by atoms with E-state index in [4.69, 9.17) is 4.42 Å². The van der Waals surface area contributed by atoms with Gasteiger partial charge < -0.3 is 9.73 Å². The van der Waals surface area contributed by atoms with Gasteiger partial charge >= 0.3 is 0 Å². The number of benzene rings is 2. The zero-order chi connectivity index (χ0) is 13.1. The number of hydrogen-bond donors (Lipinski definition) is 1. The number of nitrogens with one attached hydrogen (secondary N) is 1. The SMILES string of the molecule is O=c1cc(CNc2ccccc2)oc2ccccc12. The van der Waals surface area contributed by atoms with Gasteiger partial charge in [-0.05, 0) is 24.3 Å². The highest BCUT2D eigenvalue weighted by atomic mass is 16.3. The molecule has 19 heavy (non-hydrogen) atoms. The van der Waals surface area contributed by atoms with E-state index < -0.39 is 0 Å². The third kappa shape index (κ3) is 2.50. The maximum Gasteiger partial charge on any atom is 0.193 e. The molecule has 1 aromatic heterocycles. The van der Waals surface area contributed by atoms with E-state index in [9.17, 15) is 4.79 Å². The van der Waals surface area contributed by atoms with Crippen LogP contribution in [0.15, 0.2) is 69.9 Å². The molecule has 3 heteroatoms. The second-order valence-electron chi connectivity index (χ2n) is 4.29. The van der Waals surface area contributed by atoms with Gasteiger partial charge in [0.15, 0.2) is 5.43 Å². The average molecular weight is 251 g/mol. The van der Waals surface area contributed by atoms with Crippen molar-refractivity contribution in [1.29, 1.82) is 0 Å². The van der Waals surface area contributed by atoms with E-state index in [2.05, 4.69) is 5.32 Å². The van der Waals surface area contributed by atoms with Crippen LogP contribution in [0.2, 0.25) is 0 Å². The summed E-state index contributed by atoms with van der Waals surface area (Å²) < 4.78 is 5.70. The molecule has 0 spiro atoms. The van der Waals surface area contributed by atoms with E-state index >= 15 is 0 Å². The van der Waals surface area contributed by atoms with Gasteiger partial charge in [-0.1, -0.05) is 30.3 Å². The summed E-state index contributed by atoms with van der Waals surface area (Å²) in [4.78, 5) is 11.9. The number of rotatable bonds is 3. The highest BCUT2D eigenvalue weighted by Gasteiger charge is 2.03. The second-order valence-corrected chi connectivity index (χ2v) is 4.29. The maximum atomic E-state index is 11.9. The molecule has 0 amide bonds. The normalized spacial score (nSPS) is 10.5. The van der Waals surface area contributed by atoms with Crippen LogP contribution < -0.4 is 10.7 Å². The Bertz CT molecular complexity index is 747. The molecule has 0 fully saturated rings. The lowest BCUT2D eigenvalue weighted by molar-refractivity contribution is 0.546. The number of fused-ring (bicyclic) bond motifs is 1. The predicted molar refractivity (Wildman–Crippen MR) is 76.3 cm³/mol. The van der Waals surface area contributed by atoms with E-state index in [1.807, 2.05) is 48.5 Å². The Hall–Kier alpha value is -2.55. The summed E-state index contributed by atoms with van der Waals surface area (Å²) in [5.74, 6) is 0.632. The summed E-state index contributed by atoms with van der Waals surface area (Å²) in [5, 5.41) is 3.84.